The van der Waals surface area contributed by atoms with E-state index in [4.69, 9.17) is 23.2 Å². The summed E-state index contributed by atoms with van der Waals surface area (Å²) in [6, 6.07) is 15.6. The maximum Gasteiger partial charge on any atom is 0.0560 e. The number of rotatable bonds is 2. The minimum absolute atomic E-state index is 0.664. The first-order chi connectivity index (χ1) is 7.25. The van der Waals surface area contributed by atoms with Gasteiger partial charge in [-0.25, -0.2) is 0 Å². The molecule has 0 aliphatic carbocycles. The van der Waals surface area contributed by atoms with Gasteiger partial charge in [-0.15, -0.1) is 0 Å². The van der Waals surface area contributed by atoms with Gasteiger partial charge in [0, 0.05) is 14.8 Å². The van der Waals surface area contributed by atoms with Gasteiger partial charge in [0.15, 0.2) is 0 Å². The molecule has 76 valence electrons. The zero-order valence-corrected chi connectivity index (χ0v) is 10.1. The average molecular weight is 255 g/mol. The fourth-order valence-corrected chi connectivity index (χ4v) is 2.54. The van der Waals surface area contributed by atoms with Crippen LogP contribution in [-0.2, 0) is 0 Å². The van der Waals surface area contributed by atoms with E-state index in [1.54, 1.807) is 17.8 Å². The minimum atomic E-state index is 0.664. The summed E-state index contributed by atoms with van der Waals surface area (Å²) in [6.45, 7) is 0. The Balaban J connectivity index is 2.25. The van der Waals surface area contributed by atoms with Crippen molar-refractivity contribution >= 4 is 35.0 Å². The van der Waals surface area contributed by atoms with E-state index < -0.39 is 0 Å². The summed E-state index contributed by atoms with van der Waals surface area (Å²) in [7, 11) is 0. The van der Waals surface area contributed by atoms with E-state index in [9.17, 15) is 0 Å². The van der Waals surface area contributed by atoms with Crippen LogP contribution in [0.25, 0.3) is 0 Å². The van der Waals surface area contributed by atoms with Crippen molar-refractivity contribution < 1.29 is 0 Å². The van der Waals surface area contributed by atoms with Crippen molar-refractivity contribution in [2.45, 2.75) is 9.79 Å². The lowest BCUT2D eigenvalue weighted by molar-refractivity contribution is 1.41. The van der Waals surface area contributed by atoms with Crippen LogP contribution in [0.3, 0.4) is 0 Å². The lowest BCUT2D eigenvalue weighted by Gasteiger charge is -2.03. The van der Waals surface area contributed by atoms with E-state index in [0.29, 0.717) is 10.0 Å². The summed E-state index contributed by atoms with van der Waals surface area (Å²) in [5.74, 6) is 0. The normalized spacial score (nSPS) is 10.3. The topological polar surface area (TPSA) is 0 Å². The van der Waals surface area contributed by atoms with Gasteiger partial charge in [0.1, 0.15) is 0 Å². The summed E-state index contributed by atoms with van der Waals surface area (Å²) in [4.78, 5) is 2.19. The molecule has 2 rings (SSSR count). The van der Waals surface area contributed by atoms with Gasteiger partial charge in [-0.3, -0.25) is 0 Å². The number of hydrogen-bond donors (Lipinski definition) is 0. The average Bonchev–Trinajstić information content (AvgIpc) is 2.24. The Hall–Kier alpha value is -0.630. The lowest BCUT2D eigenvalue weighted by atomic mass is 10.4. The second-order valence-corrected chi connectivity index (χ2v) is 4.95. The first kappa shape index (κ1) is 10.9. The summed E-state index contributed by atoms with van der Waals surface area (Å²) in [6.07, 6.45) is 0. The van der Waals surface area contributed by atoms with Crippen molar-refractivity contribution in [3.05, 3.63) is 58.6 Å². The molecule has 2 aromatic rings. The van der Waals surface area contributed by atoms with E-state index in [0.717, 1.165) is 4.90 Å². The highest BCUT2D eigenvalue weighted by atomic mass is 35.5. The molecule has 0 aliphatic heterocycles. The maximum atomic E-state index is 6.07. The van der Waals surface area contributed by atoms with Crippen molar-refractivity contribution in [3.8, 4) is 0 Å². The molecule has 2 aromatic carbocycles. The lowest BCUT2D eigenvalue weighted by Crippen LogP contribution is -1.75. The molecule has 0 nitrogen and oxygen atoms in total. The highest BCUT2D eigenvalue weighted by Crippen LogP contribution is 2.34. The van der Waals surface area contributed by atoms with Gasteiger partial charge in [0.05, 0.1) is 5.02 Å². The van der Waals surface area contributed by atoms with E-state index in [1.807, 2.05) is 30.3 Å². The molecule has 0 bridgehead atoms. The Morgan fingerprint density at radius 2 is 1.60 bits per heavy atom. The SMILES string of the molecule is Clc1ccc(Sc2ccccc2)c(Cl)c1. The summed E-state index contributed by atoms with van der Waals surface area (Å²) >= 11 is 13.5. The molecule has 0 fully saturated rings. The van der Waals surface area contributed by atoms with Crippen LogP contribution < -0.4 is 0 Å². The van der Waals surface area contributed by atoms with E-state index in [1.165, 1.54) is 4.90 Å². The Bertz CT molecular complexity index is 454. The van der Waals surface area contributed by atoms with Crippen molar-refractivity contribution in [2.24, 2.45) is 0 Å². The summed E-state index contributed by atoms with van der Waals surface area (Å²) in [5.41, 5.74) is 0. The van der Waals surface area contributed by atoms with Crippen LogP contribution in [0.2, 0.25) is 10.0 Å². The van der Waals surface area contributed by atoms with Crippen molar-refractivity contribution in [1.29, 1.82) is 0 Å². The van der Waals surface area contributed by atoms with Crippen LogP contribution in [0.4, 0.5) is 0 Å². The fraction of sp³-hybridized carbons (Fsp3) is 0. The minimum Gasteiger partial charge on any atom is -0.0885 e. The molecule has 0 saturated heterocycles. The molecule has 0 amide bonds. The molecule has 0 aromatic heterocycles. The molecular formula is C12H8Cl2S. The third-order valence-electron chi connectivity index (χ3n) is 1.86. The largest absolute Gasteiger partial charge is 0.0885 e. The Kier molecular flexibility index (Phi) is 3.57. The third-order valence-corrected chi connectivity index (χ3v) is 3.61. The van der Waals surface area contributed by atoms with Crippen LogP contribution in [0, 0.1) is 0 Å². The van der Waals surface area contributed by atoms with Crippen LogP contribution >= 0.6 is 35.0 Å². The molecule has 0 saturated carbocycles. The van der Waals surface area contributed by atoms with Gasteiger partial charge >= 0.3 is 0 Å². The summed E-state index contributed by atoms with van der Waals surface area (Å²) < 4.78 is 0. The Morgan fingerprint density at radius 3 is 2.27 bits per heavy atom. The highest BCUT2D eigenvalue weighted by molar-refractivity contribution is 7.99. The molecule has 15 heavy (non-hydrogen) atoms. The fourth-order valence-electron chi connectivity index (χ4n) is 1.17. The predicted molar refractivity (Wildman–Crippen MR) is 67.0 cm³/mol. The molecule has 0 heterocycles. The zero-order chi connectivity index (χ0) is 10.7. The van der Waals surface area contributed by atoms with Gasteiger partial charge in [-0.2, -0.15) is 0 Å². The second-order valence-electron chi connectivity index (χ2n) is 2.99. The molecule has 0 spiro atoms. The smallest absolute Gasteiger partial charge is 0.0560 e. The van der Waals surface area contributed by atoms with E-state index in [-0.39, 0.29) is 0 Å². The molecule has 3 heteroatoms. The quantitative estimate of drug-likeness (QED) is 0.715. The van der Waals surface area contributed by atoms with Crippen LogP contribution in [-0.4, -0.2) is 0 Å². The molecule has 0 radical (unpaired) electrons. The molecule has 0 aliphatic rings. The molecule has 0 atom stereocenters. The van der Waals surface area contributed by atoms with Gasteiger partial charge in [0.25, 0.3) is 0 Å². The van der Waals surface area contributed by atoms with Gasteiger partial charge < -0.3 is 0 Å². The number of hydrogen-bond acceptors (Lipinski definition) is 1. The Morgan fingerprint density at radius 1 is 0.867 bits per heavy atom. The van der Waals surface area contributed by atoms with Gasteiger partial charge in [0.2, 0.25) is 0 Å². The first-order valence-electron chi connectivity index (χ1n) is 4.43. The summed E-state index contributed by atoms with van der Waals surface area (Å²) in [5, 5.41) is 1.36. The zero-order valence-electron chi connectivity index (χ0n) is 7.78. The van der Waals surface area contributed by atoms with Crippen molar-refractivity contribution in [1.82, 2.24) is 0 Å². The third kappa shape index (κ3) is 2.91. The van der Waals surface area contributed by atoms with Gasteiger partial charge in [-0.05, 0) is 30.3 Å². The van der Waals surface area contributed by atoms with E-state index in [2.05, 4.69) is 12.1 Å². The predicted octanol–water partition coefficient (Wildman–Crippen LogP) is 5.14. The molecular weight excluding hydrogens is 247 g/mol. The van der Waals surface area contributed by atoms with Crippen LogP contribution in [0.1, 0.15) is 0 Å². The molecule has 0 N–H and O–H groups in total. The number of benzene rings is 2. The monoisotopic (exact) mass is 254 g/mol. The second kappa shape index (κ2) is 4.93. The number of halogens is 2. The van der Waals surface area contributed by atoms with Crippen molar-refractivity contribution in [2.75, 3.05) is 0 Å². The highest BCUT2D eigenvalue weighted by Gasteiger charge is 2.02. The maximum absolute atomic E-state index is 6.07. The Labute approximate surface area is 103 Å². The van der Waals surface area contributed by atoms with Crippen molar-refractivity contribution in [3.63, 3.8) is 0 Å². The van der Waals surface area contributed by atoms with Crippen LogP contribution in [0.5, 0.6) is 0 Å². The van der Waals surface area contributed by atoms with E-state index >= 15 is 0 Å². The molecule has 0 unspecified atom stereocenters. The standard InChI is InChI=1S/C12H8Cl2S/c13-9-6-7-12(11(14)8-9)15-10-4-2-1-3-5-10/h1-8H. The first-order valence-corrected chi connectivity index (χ1v) is 6.01. The van der Waals surface area contributed by atoms with Crippen LogP contribution in [0.15, 0.2) is 58.3 Å². The van der Waals surface area contributed by atoms with Gasteiger partial charge in [-0.1, -0.05) is 53.2 Å².